The van der Waals surface area contributed by atoms with Gasteiger partial charge in [0.05, 0.1) is 6.54 Å². The van der Waals surface area contributed by atoms with Gasteiger partial charge in [0.15, 0.2) is 5.65 Å². The van der Waals surface area contributed by atoms with E-state index in [0.717, 1.165) is 32.2 Å². The Morgan fingerprint density at radius 1 is 1.12 bits per heavy atom. The minimum Gasteiger partial charge on any atom is -0.340 e. The van der Waals surface area contributed by atoms with Crippen molar-refractivity contribution in [3.63, 3.8) is 0 Å². The number of amides is 1. The number of fused-ring (bicyclic) bond motifs is 1. The van der Waals surface area contributed by atoms with E-state index in [1.807, 2.05) is 11.0 Å². The lowest BCUT2D eigenvalue weighted by molar-refractivity contribution is -0.133. The van der Waals surface area contributed by atoms with Crippen LogP contribution < -0.4 is 5.69 Å². The highest BCUT2D eigenvalue weighted by atomic mass is 16.2. The fraction of sp³-hybridized carbons (Fsp3) is 0.611. The molecule has 1 saturated heterocycles. The SMILES string of the molecule is O=C(CCn1nc2ccccn2c1=O)N1CCN(C2CCCC2)CC1. The van der Waals surface area contributed by atoms with E-state index in [9.17, 15) is 9.59 Å². The van der Waals surface area contributed by atoms with Crippen LogP contribution in [0.15, 0.2) is 29.2 Å². The fourth-order valence-corrected chi connectivity index (χ4v) is 4.08. The van der Waals surface area contributed by atoms with Crippen LogP contribution in [0.5, 0.6) is 0 Å². The van der Waals surface area contributed by atoms with Crippen molar-refractivity contribution >= 4 is 11.6 Å². The highest BCUT2D eigenvalue weighted by Gasteiger charge is 2.27. The number of pyridine rings is 1. The number of aryl methyl sites for hydroxylation is 1. The molecule has 4 rings (SSSR count). The number of hydrogen-bond donors (Lipinski definition) is 0. The van der Waals surface area contributed by atoms with Crippen molar-refractivity contribution in [3.05, 3.63) is 34.9 Å². The van der Waals surface area contributed by atoms with E-state index in [1.165, 1.54) is 34.8 Å². The van der Waals surface area contributed by atoms with Crippen LogP contribution in [0.25, 0.3) is 5.65 Å². The van der Waals surface area contributed by atoms with Crippen LogP contribution in [-0.4, -0.2) is 62.1 Å². The van der Waals surface area contributed by atoms with Crippen molar-refractivity contribution < 1.29 is 4.79 Å². The predicted octanol–water partition coefficient (Wildman–Crippen LogP) is 0.973. The Labute approximate surface area is 146 Å². The predicted molar refractivity (Wildman–Crippen MR) is 94.5 cm³/mol. The Balaban J connectivity index is 1.31. The molecule has 3 heterocycles. The molecule has 0 unspecified atom stereocenters. The molecule has 134 valence electrons. The van der Waals surface area contributed by atoms with Gasteiger partial charge < -0.3 is 4.90 Å². The lowest BCUT2D eigenvalue weighted by atomic mass is 10.1. The molecule has 0 aromatic carbocycles. The number of piperazine rings is 1. The van der Waals surface area contributed by atoms with E-state index >= 15 is 0 Å². The molecule has 0 spiro atoms. The topological polar surface area (TPSA) is 62.9 Å². The Morgan fingerprint density at radius 3 is 2.60 bits per heavy atom. The zero-order valence-corrected chi connectivity index (χ0v) is 14.5. The molecular formula is C18H25N5O2. The summed E-state index contributed by atoms with van der Waals surface area (Å²) in [5.41, 5.74) is 0.430. The highest BCUT2D eigenvalue weighted by Crippen LogP contribution is 2.24. The lowest BCUT2D eigenvalue weighted by Crippen LogP contribution is -2.51. The Hall–Kier alpha value is -2.15. The highest BCUT2D eigenvalue weighted by molar-refractivity contribution is 5.76. The summed E-state index contributed by atoms with van der Waals surface area (Å²) in [6.45, 7) is 3.89. The molecule has 0 bridgehead atoms. The molecule has 7 heteroatoms. The molecule has 2 aromatic heterocycles. The van der Waals surface area contributed by atoms with E-state index in [4.69, 9.17) is 0 Å². The Bertz CT molecular complexity index is 797. The molecular weight excluding hydrogens is 318 g/mol. The first-order valence-corrected chi connectivity index (χ1v) is 9.28. The number of nitrogens with zero attached hydrogens (tertiary/aromatic N) is 5. The van der Waals surface area contributed by atoms with Gasteiger partial charge in [0.2, 0.25) is 5.91 Å². The van der Waals surface area contributed by atoms with Crippen LogP contribution in [0, 0.1) is 0 Å². The molecule has 1 saturated carbocycles. The molecule has 2 aromatic rings. The average molecular weight is 343 g/mol. The van der Waals surface area contributed by atoms with Crippen LogP contribution >= 0.6 is 0 Å². The van der Waals surface area contributed by atoms with Gasteiger partial charge in [-0.3, -0.25) is 14.1 Å². The van der Waals surface area contributed by atoms with Gasteiger partial charge in [0, 0.05) is 44.8 Å². The number of rotatable bonds is 4. The van der Waals surface area contributed by atoms with Gasteiger partial charge in [-0.1, -0.05) is 18.9 Å². The number of carbonyl (C=O) groups is 1. The second kappa shape index (κ2) is 7.00. The van der Waals surface area contributed by atoms with Gasteiger partial charge in [-0.15, -0.1) is 5.10 Å². The van der Waals surface area contributed by atoms with Crippen LogP contribution in [0.2, 0.25) is 0 Å². The number of hydrogen-bond acceptors (Lipinski definition) is 4. The van der Waals surface area contributed by atoms with Crippen LogP contribution in [0.4, 0.5) is 0 Å². The fourth-order valence-electron chi connectivity index (χ4n) is 4.08. The zero-order valence-electron chi connectivity index (χ0n) is 14.5. The van der Waals surface area contributed by atoms with E-state index in [2.05, 4.69) is 10.00 Å². The molecule has 2 aliphatic rings. The monoisotopic (exact) mass is 343 g/mol. The summed E-state index contributed by atoms with van der Waals surface area (Å²) in [5, 5.41) is 4.28. The summed E-state index contributed by atoms with van der Waals surface area (Å²) >= 11 is 0. The number of aromatic nitrogens is 3. The maximum Gasteiger partial charge on any atom is 0.350 e. The summed E-state index contributed by atoms with van der Waals surface area (Å²) < 4.78 is 2.90. The summed E-state index contributed by atoms with van der Waals surface area (Å²) in [7, 11) is 0. The average Bonchev–Trinajstić information content (AvgIpc) is 3.29. The summed E-state index contributed by atoms with van der Waals surface area (Å²) in [4.78, 5) is 29.2. The van der Waals surface area contributed by atoms with Crippen molar-refractivity contribution in [2.75, 3.05) is 26.2 Å². The lowest BCUT2D eigenvalue weighted by Gasteiger charge is -2.38. The Morgan fingerprint density at radius 2 is 1.88 bits per heavy atom. The maximum absolute atomic E-state index is 12.5. The second-order valence-corrected chi connectivity index (χ2v) is 7.04. The van der Waals surface area contributed by atoms with Crippen molar-refractivity contribution in [1.29, 1.82) is 0 Å². The third kappa shape index (κ3) is 3.33. The standard InChI is InChI=1S/C18H25N5O2/c24-17(21-13-11-20(12-14-21)15-5-1-2-6-15)8-10-23-18(25)22-9-4-3-7-16(22)19-23/h3-4,7,9,15H,1-2,5-6,8,10-14H2. The molecule has 2 fully saturated rings. The van der Waals surface area contributed by atoms with E-state index in [1.54, 1.807) is 18.3 Å². The van der Waals surface area contributed by atoms with E-state index in [0.29, 0.717) is 18.6 Å². The molecule has 1 amide bonds. The quantitative estimate of drug-likeness (QED) is 0.830. The molecule has 0 atom stereocenters. The van der Waals surface area contributed by atoms with Crippen molar-refractivity contribution in [1.82, 2.24) is 24.0 Å². The Kier molecular flexibility index (Phi) is 4.57. The summed E-state index contributed by atoms with van der Waals surface area (Å²) in [6, 6.07) is 6.17. The first kappa shape index (κ1) is 16.3. The van der Waals surface area contributed by atoms with Gasteiger partial charge in [-0.25, -0.2) is 9.48 Å². The van der Waals surface area contributed by atoms with E-state index < -0.39 is 0 Å². The third-order valence-electron chi connectivity index (χ3n) is 5.53. The summed E-state index contributed by atoms with van der Waals surface area (Å²) in [5.74, 6) is 0.120. The first-order chi connectivity index (χ1) is 12.2. The molecule has 7 nitrogen and oxygen atoms in total. The molecule has 1 aliphatic heterocycles. The van der Waals surface area contributed by atoms with Crippen LogP contribution in [0.3, 0.4) is 0 Å². The van der Waals surface area contributed by atoms with Gasteiger partial charge >= 0.3 is 5.69 Å². The first-order valence-electron chi connectivity index (χ1n) is 9.28. The second-order valence-electron chi connectivity index (χ2n) is 7.04. The van der Waals surface area contributed by atoms with E-state index in [-0.39, 0.29) is 11.6 Å². The molecule has 1 aliphatic carbocycles. The summed E-state index contributed by atoms with van der Waals surface area (Å²) in [6.07, 6.45) is 7.34. The third-order valence-corrected chi connectivity index (χ3v) is 5.53. The zero-order chi connectivity index (χ0) is 17.2. The number of carbonyl (C=O) groups excluding carboxylic acids is 1. The van der Waals surface area contributed by atoms with Gasteiger partial charge in [0.1, 0.15) is 0 Å². The van der Waals surface area contributed by atoms with Crippen LogP contribution in [-0.2, 0) is 11.3 Å². The smallest absolute Gasteiger partial charge is 0.340 e. The van der Waals surface area contributed by atoms with Gasteiger partial charge in [0.25, 0.3) is 0 Å². The van der Waals surface area contributed by atoms with Crippen molar-refractivity contribution in [3.8, 4) is 0 Å². The molecule has 0 radical (unpaired) electrons. The minimum absolute atomic E-state index is 0.120. The minimum atomic E-state index is -0.186. The van der Waals surface area contributed by atoms with Gasteiger partial charge in [-0.05, 0) is 25.0 Å². The largest absolute Gasteiger partial charge is 0.350 e. The van der Waals surface area contributed by atoms with Crippen molar-refractivity contribution in [2.24, 2.45) is 0 Å². The van der Waals surface area contributed by atoms with Crippen LogP contribution in [0.1, 0.15) is 32.1 Å². The molecule has 0 N–H and O–H groups in total. The maximum atomic E-state index is 12.5. The van der Waals surface area contributed by atoms with Gasteiger partial charge in [-0.2, -0.15) is 0 Å². The van der Waals surface area contributed by atoms with Crippen molar-refractivity contribution in [2.45, 2.75) is 44.7 Å². The molecule has 25 heavy (non-hydrogen) atoms. The normalized spacial score (nSPS) is 19.8.